The minimum absolute atomic E-state index is 0.0174. The summed E-state index contributed by atoms with van der Waals surface area (Å²) in [5.74, 6) is -0.347. The van der Waals surface area contributed by atoms with Crippen LogP contribution in [0.3, 0.4) is 0 Å². The summed E-state index contributed by atoms with van der Waals surface area (Å²) >= 11 is 0. The lowest BCUT2D eigenvalue weighted by Gasteiger charge is -2.32. The van der Waals surface area contributed by atoms with Crippen molar-refractivity contribution in [2.75, 3.05) is 23.3 Å². The van der Waals surface area contributed by atoms with Crippen LogP contribution in [0.4, 0.5) is 37.8 Å². The molecule has 0 unspecified atom stereocenters. The highest BCUT2D eigenvalue weighted by atomic mass is 19.4. The maximum Gasteiger partial charge on any atom is 0.416 e. The van der Waals surface area contributed by atoms with Gasteiger partial charge in [0.15, 0.2) is 11.6 Å². The van der Waals surface area contributed by atoms with E-state index in [1.807, 2.05) is 0 Å². The number of anilines is 2. The van der Waals surface area contributed by atoms with Crippen molar-refractivity contribution in [1.29, 1.82) is 0 Å². The highest BCUT2D eigenvalue weighted by Crippen LogP contribution is 2.37. The van der Waals surface area contributed by atoms with Gasteiger partial charge in [0, 0.05) is 31.2 Å². The van der Waals surface area contributed by atoms with Crippen LogP contribution in [-0.4, -0.2) is 39.0 Å². The first-order valence-electron chi connectivity index (χ1n) is 10.2. The zero-order valence-corrected chi connectivity index (χ0v) is 17.4. The number of aromatic nitrogens is 4. The minimum Gasteiger partial charge on any atom is -0.354 e. The number of hydrogen-bond acceptors (Lipinski definition) is 5. The van der Waals surface area contributed by atoms with E-state index in [1.54, 1.807) is 35.5 Å². The zero-order valence-electron chi connectivity index (χ0n) is 17.4. The maximum absolute atomic E-state index is 13.1. The van der Waals surface area contributed by atoms with Crippen LogP contribution in [0.1, 0.15) is 24.0 Å². The first kappa shape index (κ1) is 23.5. The van der Waals surface area contributed by atoms with Crippen molar-refractivity contribution in [3.63, 3.8) is 0 Å². The molecule has 1 amide bonds. The Labute approximate surface area is 189 Å². The van der Waals surface area contributed by atoms with E-state index in [2.05, 4.69) is 20.6 Å². The molecule has 2 aromatic heterocycles. The summed E-state index contributed by atoms with van der Waals surface area (Å²) in [6, 6.07) is 6.13. The van der Waals surface area contributed by atoms with E-state index in [4.69, 9.17) is 0 Å². The van der Waals surface area contributed by atoms with Gasteiger partial charge in [-0.1, -0.05) is 0 Å². The second-order valence-corrected chi connectivity index (χ2v) is 7.77. The average Bonchev–Trinajstić information content (AvgIpc) is 3.33. The molecule has 0 radical (unpaired) electrons. The molecule has 1 aliphatic rings. The number of carbonyl (C=O) groups is 1. The smallest absolute Gasteiger partial charge is 0.354 e. The molecule has 13 heteroatoms. The number of hydrogen-bond donors (Lipinski definition) is 1. The monoisotopic (exact) mass is 484 g/mol. The van der Waals surface area contributed by atoms with Crippen LogP contribution in [0.15, 0.2) is 48.8 Å². The molecule has 0 bridgehead atoms. The summed E-state index contributed by atoms with van der Waals surface area (Å²) in [4.78, 5) is 14.5. The fourth-order valence-corrected chi connectivity index (χ4v) is 3.68. The van der Waals surface area contributed by atoms with Crippen molar-refractivity contribution in [2.24, 2.45) is 5.92 Å². The highest BCUT2D eigenvalue weighted by Gasteiger charge is 2.37. The van der Waals surface area contributed by atoms with Crippen LogP contribution in [0.5, 0.6) is 0 Å². The largest absolute Gasteiger partial charge is 0.416 e. The average molecular weight is 484 g/mol. The van der Waals surface area contributed by atoms with Crippen LogP contribution in [-0.2, 0) is 17.1 Å². The van der Waals surface area contributed by atoms with Gasteiger partial charge in [0.05, 0.1) is 17.0 Å². The van der Waals surface area contributed by atoms with Gasteiger partial charge in [-0.2, -0.15) is 31.4 Å². The number of benzene rings is 1. The van der Waals surface area contributed by atoms with Gasteiger partial charge in [0.25, 0.3) is 0 Å². The SMILES string of the molecule is O=C(Nc1cc(C(F)(F)F)cc(C(F)(F)F)c1)[C@H]1CCCN(c2ccc(-n3cccn3)nn2)C1. The number of amides is 1. The van der Waals surface area contributed by atoms with Crippen LogP contribution in [0.25, 0.3) is 5.82 Å². The number of rotatable bonds is 4. The molecular formula is C21H18F6N6O. The molecule has 1 aromatic carbocycles. The number of nitrogens with zero attached hydrogens (tertiary/aromatic N) is 5. The molecule has 1 fully saturated rings. The summed E-state index contributed by atoms with van der Waals surface area (Å²) in [6.07, 6.45) is -5.70. The topological polar surface area (TPSA) is 75.9 Å². The predicted octanol–water partition coefficient (Wildman–Crippen LogP) is 4.56. The molecule has 0 aliphatic carbocycles. The second kappa shape index (κ2) is 8.95. The van der Waals surface area contributed by atoms with Gasteiger partial charge in [-0.05, 0) is 49.2 Å². The standard InChI is InChI=1S/C21H18F6N6O/c22-20(23,24)14-9-15(21(25,26)27)11-16(10-14)29-19(34)13-3-1-7-32(12-13)17-4-5-18(31-30-17)33-8-2-6-28-33/h2,4-6,8-11,13H,1,3,7,12H2,(H,29,34)/t13-/m0/s1. The predicted molar refractivity (Wildman–Crippen MR) is 109 cm³/mol. The van der Waals surface area contributed by atoms with E-state index in [9.17, 15) is 31.1 Å². The molecule has 0 saturated carbocycles. The molecule has 0 spiro atoms. The lowest BCUT2D eigenvalue weighted by atomic mass is 9.96. The highest BCUT2D eigenvalue weighted by molar-refractivity contribution is 5.93. The number of carbonyl (C=O) groups excluding carboxylic acids is 1. The van der Waals surface area contributed by atoms with E-state index in [0.717, 1.165) is 0 Å². The molecule has 1 N–H and O–H groups in total. The summed E-state index contributed by atoms with van der Waals surface area (Å²) in [5.41, 5.74) is -3.54. The number of piperidine rings is 1. The Morgan fingerprint density at radius 1 is 0.971 bits per heavy atom. The Balaban J connectivity index is 1.48. The van der Waals surface area contributed by atoms with Crippen molar-refractivity contribution >= 4 is 17.4 Å². The molecule has 3 aromatic rings. The summed E-state index contributed by atoms with van der Waals surface area (Å²) in [6.45, 7) is 0.758. The molecular weight excluding hydrogens is 466 g/mol. The van der Waals surface area contributed by atoms with Gasteiger partial charge >= 0.3 is 12.4 Å². The van der Waals surface area contributed by atoms with Gasteiger partial charge in [0.1, 0.15) is 0 Å². The van der Waals surface area contributed by atoms with Gasteiger partial charge in [-0.15, -0.1) is 10.2 Å². The summed E-state index contributed by atoms with van der Waals surface area (Å²) < 4.78 is 80.0. The number of nitrogens with one attached hydrogen (secondary N) is 1. The molecule has 1 atom stereocenters. The van der Waals surface area contributed by atoms with E-state index >= 15 is 0 Å². The lowest BCUT2D eigenvalue weighted by Crippen LogP contribution is -2.41. The fraction of sp³-hybridized carbons (Fsp3) is 0.333. The van der Waals surface area contributed by atoms with Crippen LogP contribution in [0.2, 0.25) is 0 Å². The molecule has 180 valence electrons. The maximum atomic E-state index is 13.1. The number of alkyl halides is 6. The first-order chi connectivity index (χ1) is 16.0. The molecule has 7 nitrogen and oxygen atoms in total. The molecule has 1 saturated heterocycles. The van der Waals surface area contributed by atoms with Gasteiger partial charge in [0.2, 0.25) is 5.91 Å². The Morgan fingerprint density at radius 3 is 2.18 bits per heavy atom. The van der Waals surface area contributed by atoms with Crippen molar-refractivity contribution < 1.29 is 31.1 Å². The van der Waals surface area contributed by atoms with Gasteiger partial charge in [-0.3, -0.25) is 4.79 Å². The van der Waals surface area contributed by atoms with Crippen LogP contribution in [0, 0.1) is 5.92 Å². The Kier molecular flexibility index (Phi) is 6.19. The second-order valence-electron chi connectivity index (χ2n) is 7.77. The summed E-state index contributed by atoms with van der Waals surface area (Å²) in [5, 5.41) is 14.5. The van der Waals surface area contributed by atoms with Crippen molar-refractivity contribution in [3.05, 3.63) is 59.9 Å². The quantitative estimate of drug-likeness (QED) is 0.550. The summed E-state index contributed by atoms with van der Waals surface area (Å²) in [7, 11) is 0. The van der Waals surface area contributed by atoms with Crippen molar-refractivity contribution in [3.8, 4) is 5.82 Å². The minimum atomic E-state index is -5.00. The van der Waals surface area contributed by atoms with Crippen molar-refractivity contribution in [2.45, 2.75) is 25.2 Å². The van der Waals surface area contributed by atoms with Crippen LogP contribution >= 0.6 is 0 Å². The normalized spacial score (nSPS) is 17.0. The third-order valence-electron chi connectivity index (χ3n) is 5.35. The third kappa shape index (κ3) is 5.29. The lowest BCUT2D eigenvalue weighted by molar-refractivity contribution is -0.143. The molecule has 34 heavy (non-hydrogen) atoms. The molecule has 4 rings (SSSR count). The Bertz CT molecular complexity index is 1110. The van der Waals surface area contributed by atoms with Crippen LogP contribution < -0.4 is 10.2 Å². The van der Waals surface area contributed by atoms with E-state index < -0.39 is 41.0 Å². The Hall–Kier alpha value is -3.64. The zero-order chi connectivity index (χ0) is 24.5. The van der Waals surface area contributed by atoms with Gasteiger partial charge in [-0.25, -0.2) is 4.68 Å². The van der Waals surface area contributed by atoms with E-state index in [0.29, 0.717) is 43.2 Å². The van der Waals surface area contributed by atoms with Gasteiger partial charge < -0.3 is 10.2 Å². The molecule has 3 heterocycles. The van der Waals surface area contributed by atoms with E-state index in [-0.39, 0.29) is 12.6 Å². The third-order valence-corrected chi connectivity index (χ3v) is 5.35. The molecule has 1 aliphatic heterocycles. The first-order valence-corrected chi connectivity index (χ1v) is 10.2. The Morgan fingerprint density at radius 2 is 1.62 bits per heavy atom. The van der Waals surface area contributed by atoms with Crippen molar-refractivity contribution in [1.82, 2.24) is 20.0 Å². The van der Waals surface area contributed by atoms with E-state index in [1.165, 1.54) is 4.68 Å². The fourth-order valence-electron chi connectivity index (χ4n) is 3.68. The number of halogens is 6.